The Kier molecular flexibility index (Phi) is 4.60. The summed E-state index contributed by atoms with van der Waals surface area (Å²) in [5.41, 5.74) is 1.16. The van der Waals surface area contributed by atoms with Crippen molar-refractivity contribution < 1.29 is 18.3 Å². The van der Waals surface area contributed by atoms with Gasteiger partial charge < -0.3 is 10.1 Å². The third kappa shape index (κ3) is 4.01. The van der Waals surface area contributed by atoms with E-state index in [0.717, 1.165) is 5.56 Å². The van der Waals surface area contributed by atoms with Gasteiger partial charge in [0.15, 0.2) is 0 Å². The first-order valence-electron chi connectivity index (χ1n) is 5.87. The minimum atomic E-state index is -2.91. The molecule has 1 heterocycles. The van der Waals surface area contributed by atoms with Crippen LogP contribution in [-0.2, 0) is 6.54 Å². The van der Waals surface area contributed by atoms with Gasteiger partial charge in [-0.2, -0.15) is 8.78 Å². The topological polar surface area (TPSA) is 51.2 Å². The number of hydrogen-bond donors (Lipinski definition) is 1. The number of nitrogens with zero attached hydrogens (tertiary/aromatic N) is 1. The highest BCUT2D eigenvalue weighted by atomic mass is 19.3. The molecule has 20 heavy (non-hydrogen) atoms. The van der Waals surface area contributed by atoms with Crippen LogP contribution >= 0.6 is 0 Å². The molecule has 4 nitrogen and oxygen atoms in total. The van der Waals surface area contributed by atoms with Gasteiger partial charge in [0.25, 0.3) is 5.91 Å². The molecule has 0 aliphatic rings. The number of aromatic nitrogens is 1. The average molecular weight is 278 g/mol. The zero-order valence-electron chi connectivity index (χ0n) is 10.4. The van der Waals surface area contributed by atoms with E-state index >= 15 is 0 Å². The molecule has 0 spiro atoms. The molecule has 0 saturated carbocycles. The number of rotatable bonds is 5. The first-order chi connectivity index (χ1) is 9.65. The lowest BCUT2D eigenvalue weighted by Gasteiger charge is -2.08. The van der Waals surface area contributed by atoms with Gasteiger partial charge in [-0.3, -0.25) is 9.78 Å². The molecule has 0 fully saturated rings. The van der Waals surface area contributed by atoms with E-state index in [2.05, 4.69) is 15.0 Å². The van der Waals surface area contributed by atoms with Crippen LogP contribution in [0.4, 0.5) is 8.78 Å². The third-order valence-electron chi connectivity index (χ3n) is 2.52. The molecule has 0 bridgehead atoms. The lowest BCUT2D eigenvalue weighted by molar-refractivity contribution is -0.0498. The Labute approximate surface area is 114 Å². The summed E-state index contributed by atoms with van der Waals surface area (Å²) in [6, 6.07) is 9.20. The molecular weight excluding hydrogens is 266 g/mol. The monoisotopic (exact) mass is 278 g/mol. The van der Waals surface area contributed by atoms with Crippen molar-refractivity contribution in [2.45, 2.75) is 13.2 Å². The van der Waals surface area contributed by atoms with Gasteiger partial charge in [0.05, 0.1) is 0 Å². The number of amides is 1. The fourth-order valence-electron chi connectivity index (χ4n) is 1.60. The molecule has 1 aromatic heterocycles. The van der Waals surface area contributed by atoms with Gasteiger partial charge in [-0.05, 0) is 35.9 Å². The zero-order chi connectivity index (χ0) is 14.4. The van der Waals surface area contributed by atoms with Crippen molar-refractivity contribution in [2.75, 3.05) is 0 Å². The van der Waals surface area contributed by atoms with Crippen molar-refractivity contribution in [3.05, 3.63) is 59.9 Å². The molecule has 1 aromatic carbocycles. The van der Waals surface area contributed by atoms with Gasteiger partial charge >= 0.3 is 6.61 Å². The van der Waals surface area contributed by atoms with Gasteiger partial charge in [-0.25, -0.2) is 0 Å². The lowest BCUT2D eigenvalue weighted by Crippen LogP contribution is -2.22. The summed E-state index contributed by atoms with van der Waals surface area (Å²) in [4.78, 5) is 15.8. The molecular formula is C14H12F2N2O2. The second-order valence-electron chi connectivity index (χ2n) is 3.94. The van der Waals surface area contributed by atoms with Crippen molar-refractivity contribution in [3.8, 4) is 5.75 Å². The van der Waals surface area contributed by atoms with Crippen LogP contribution in [0.25, 0.3) is 0 Å². The molecule has 0 atom stereocenters. The number of halogens is 2. The van der Waals surface area contributed by atoms with Gasteiger partial charge in [0, 0.05) is 24.5 Å². The van der Waals surface area contributed by atoms with E-state index in [-0.39, 0.29) is 17.2 Å². The van der Waals surface area contributed by atoms with E-state index < -0.39 is 6.61 Å². The maximum absolute atomic E-state index is 12.1. The van der Waals surface area contributed by atoms with Crippen LogP contribution in [0.5, 0.6) is 5.75 Å². The Morgan fingerprint density at radius 2 is 2.00 bits per heavy atom. The fourth-order valence-corrected chi connectivity index (χ4v) is 1.60. The molecule has 0 unspecified atom stereocenters. The standard InChI is InChI=1S/C14H12F2N2O2/c15-14(16)20-12-3-1-2-11(8-12)13(19)18-9-10-4-6-17-7-5-10/h1-8,14H,9H2,(H,18,19). The van der Waals surface area contributed by atoms with Crippen LogP contribution in [0, 0.1) is 0 Å². The van der Waals surface area contributed by atoms with Crippen LogP contribution < -0.4 is 10.1 Å². The fraction of sp³-hybridized carbons (Fsp3) is 0.143. The highest BCUT2D eigenvalue weighted by Gasteiger charge is 2.09. The number of alkyl halides is 2. The largest absolute Gasteiger partial charge is 0.435 e. The van der Waals surface area contributed by atoms with Crippen molar-refractivity contribution in [1.29, 1.82) is 0 Å². The van der Waals surface area contributed by atoms with Gasteiger partial charge in [-0.1, -0.05) is 6.07 Å². The highest BCUT2D eigenvalue weighted by Crippen LogP contribution is 2.15. The van der Waals surface area contributed by atoms with Crippen LogP contribution in [-0.4, -0.2) is 17.5 Å². The lowest BCUT2D eigenvalue weighted by atomic mass is 10.2. The molecule has 0 aliphatic heterocycles. The number of ether oxygens (including phenoxy) is 1. The predicted octanol–water partition coefficient (Wildman–Crippen LogP) is 2.61. The van der Waals surface area contributed by atoms with Crippen molar-refractivity contribution in [3.63, 3.8) is 0 Å². The minimum absolute atomic E-state index is 0.0449. The zero-order valence-corrected chi connectivity index (χ0v) is 10.4. The summed E-state index contributed by atoms with van der Waals surface area (Å²) in [5.74, 6) is -0.405. The quantitative estimate of drug-likeness (QED) is 0.914. The minimum Gasteiger partial charge on any atom is -0.435 e. The number of carbonyl (C=O) groups is 1. The Hall–Kier alpha value is -2.50. The highest BCUT2D eigenvalue weighted by molar-refractivity contribution is 5.94. The molecule has 0 radical (unpaired) electrons. The van der Waals surface area contributed by atoms with E-state index in [1.807, 2.05) is 0 Å². The molecule has 2 aromatic rings. The third-order valence-corrected chi connectivity index (χ3v) is 2.52. The molecule has 104 valence electrons. The van der Waals surface area contributed by atoms with Gasteiger partial charge in [-0.15, -0.1) is 0 Å². The Morgan fingerprint density at radius 1 is 1.25 bits per heavy atom. The number of benzene rings is 1. The molecule has 6 heteroatoms. The molecule has 1 N–H and O–H groups in total. The molecule has 2 rings (SSSR count). The first-order valence-corrected chi connectivity index (χ1v) is 5.87. The number of hydrogen-bond acceptors (Lipinski definition) is 3. The van der Waals surface area contributed by atoms with Crippen LogP contribution in [0.15, 0.2) is 48.8 Å². The summed E-state index contributed by atoms with van der Waals surface area (Å²) in [6.07, 6.45) is 3.25. The Balaban J connectivity index is 1.98. The number of pyridine rings is 1. The smallest absolute Gasteiger partial charge is 0.387 e. The van der Waals surface area contributed by atoms with Gasteiger partial charge in [0.1, 0.15) is 5.75 Å². The van der Waals surface area contributed by atoms with Crippen molar-refractivity contribution in [2.24, 2.45) is 0 Å². The number of nitrogens with one attached hydrogen (secondary N) is 1. The van der Waals surface area contributed by atoms with E-state index in [0.29, 0.717) is 6.54 Å². The second-order valence-corrected chi connectivity index (χ2v) is 3.94. The van der Waals surface area contributed by atoms with E-state index in [1.54, 1.807) is 24.5 Å². The van der Waals surface area contributed by atoms with Gasteiger partial charge in [0.2, 0.25) is 0 Å². The van der Waals surface area contributed by atoms with Crippen molar-refractivity contribution >= 4 is 5.91 Å². The predicted molar refractivity (Wildman–Crippen MR) is 68.5 cm³/mol. The molecule has 0 saturated heterocycles. The molecule has 0 aliphatic carbocycles. The second kappa shape index (κ2) is 6.60. The maximum Gasteiger partial charge on any atom is 0.387 e. The summed E-state index contributed by atoms with van der Waals surface area (Å²) in [6.45, 7) is -2.58. The normalized spacial score (nSPS) is 10.3. The Morgan fingerprint density at radius 3 is 2.70 bits per heavy atom. The Bertz CT molecular complexity index is 576. The summed E-state index contributed by atoms with van der Waals surface area (Å²) >= 11 is 0. The summed E-state index contributed by atoms with van der Waals surface area (Å²) in [5, 5.41) is 2.69. The number of carbonyl (C=O) groups excluding carboxylic acids is 1. The molecule has 1 amide bonds. The van der Waals surface area contributed by atoms with Crippen molar-refractivity contribution in [1.82, 2.24) is 10.3 Å². The summed E-state index contributed by atoms with van der Waals surface area (Å²) in [7, 11) is 0. The maximum atomic E-state index is 12.1. The SMILES string of the molecule is O=C(NCc1ccncc1)c1cccc(OC(F)F)c1. The summed E-state index contributed by atoms with van der Waals surface area (Å²) < 4.78 is 28.4. The van der Waals surface area contributed by atoms with Crippen LogP contribution in [0.3, 0.4) is 0 Å². The van der Waals surface area contributed by atoms with E-state index in [9.17, 15) is 13.6 Å². The van der Waals surface area contributed by atoms with E-state index in [1.165, 1.54) is 24.3 Å². The van der Waals surface area contributed by atoms with Crippen LogP contribution in [0.2, 0.25) is 0 Å². The van der Waals surface area contributed by atoms with Crippen LogP contribution in [0.1, 0.15) is 15.9 Å². The van der Waals surface area contributed by atoms with E-state index in [4.69, 9.17) is 0 Å². The average Bonchev–Trinajstić information content (AvgIpc) is 2.45. The first kappa shape index (κ1) is 13.9.